The molecule has 1 aromatic rings. The maximum Gasteiger partial charge on any atom is 0.244 e. The fraction of sp³-hybridized carbons (Fsp3) is 0.538. The Hall–Kier alpha value is -0.820. The number of rotatable bonds is 4. The predicted octanol–water partition coefficient (Wildman–Crippen LogP) is 1.44. The molecule has 3 N–H and O–H groups in total. The molecule has 1 aliphatic heterocycles. The van der Waals surface area contributed by atoms with Crippen LogP contribution < -0.4 is 10.5 Å². The van der Waals surface area contributed by atoms with E-state index in [-0.39, 0.29) is 21.6 Å². The second kappa shape index (κ2) is 5.18. The number of nitrogens with zero attached hydrogens (tertiary/aromatic N) is 1. The summed E-state index contributed by atoms with van der Waals surface area (Å²) >= 11 is 5.98. The van der Waals surface area contributed by atoms with Gasteiger partial charge in [0.2, 0.25) is 10.0 Å². The first-order chi connectivity index (χ1) is 9.47. The van der Waals surface area contributed by atoms with Gasteiger partial charge >= 0.3 is 0 Å². The lowest BCUT2D eigenvalue weighted by Crippen LogP contribution is -2.37. The summed E-state index contributed by atoms with van der Waals surface area (Å²) in [7, 11) is -3.67. The Morgan fingerprint density at radius 3 is 2.70 bits per heavy atom. The second-order valence-electron chi connectivity index (χ2n) is 5.49. The zero-order valence-electron chi connectivity index (χ0n) is 11.0. The van der Waals surface area contributed by atoms with Crippen molar-refractivity contribution in [2.45, 2.75) is 36.2 Å². The van der Waals surface area contributed by atoms with Crippen LogP contribution in [0.5, 0.6) is 0 Å². The summed E-state index contributed by atoms with van der Waals surface area (Å²) in [4.78, 5) is 2.34. The highest BCUT2D eigenvalue weighted by atomic mass is 35.5. The lowest BCUT2D eigenvalue weighted by Gasteiger charge is -2.17. The van der Waals surface area contributed by atoms with Crippen LogP contribution in [0.15, 0.2) is 23.1 Å². The number of nitrogens with two attached hydrogens (primary N) is 1. The Kier molecular flexibility index (Phi) is 3.66. The molecule has 0 amide bonds. The van der Waals surface area contributed by atoms with Crippen molar-refractivity contribution in [3.63, 3.8) is 0 Å². The molecule has 1 unspecified atom stereocenters. The van der Waals surface area contributed by atoms with E-state index >= 15 is 0 Å². The van der Waals surface area contributed by atoms with Crippen molar-refractivity contribution < 1.29 is 8.42 Å². The normalized spacial score (nSPS) is 24.1. The molecule has 1 saturated heterocycles. The third kappa shape index (κ3) is 2.79. The summed E-state index contributed by atoms with van der Waals surface area (Å²) < 4.78 is 27.6. The smallest absolute Gasteiger partial charge is 0.244 e. The molecule has 0 spiro atoms. The fourth-order valence-electron chi connectivity index (χ4n) is 2.74. The molecule has 1 saturated carbocycles. The third-order valence-corrected chi connectivity index (χ3v) is 5.93. The molecule has 7 heteroatoms. The Morgan fingerprint density at radius 1 is 1.30 bits per heavy atom. The highest BCUT2D eigenvalue weighted by Gasteiger charge is 2.36. The maximum absolute atomic E-state index is 12.4. The molecule has 1 aromatic carbocycles. The van der Waals surface area contributed by atoms with Crippen LogP contribution in [0, 0.1) is 0 Å². The monoisotopic (exact) mass is 315 g/mol. The van der Waals surface area contributed by atoms with Gasteiger partial charge in [-0.1, -0.05) is 17.7 Å². The summed E-state index contributed by atoms with van der Waals surface area (Å²) in [6, 6.07) is 5.33. The van der Waals surface area contributed by atoms with E-state index in [1.54, 1.807) is 12.1 Å². The molecule has 0 radical (unpaired) electrons. The summed E-state index contributed by atoms with van der Waals surface area (Å²) in [6.45, 7) is 1.73. The quantitative estimate of drug-likeness (QED) is 0.824. The van der Waals surface area contributed by atoms with Gasteiger partial charge in [-0.15, -0.1) is 0 Å². The molecule has 1 atom stereocenters. The van der Waals surface area contributed by atoms with Gasteiger partial charge in [0.1, 0.15) is 4.90 Å². The molecular weight excluding hydrogens is 298 g/mol. The van der Waals surface area contributed by atoms with Crippen LogP contribution in [0.25, 0.3) is 0 Å². The van der Waals surface area contributed by atoms with Crippen molar-refractivity contribution in [3.8, 4) is 0 Å². The van der Waals surface area contributed by atoms with E-state index in [0.29, 0.717) is 6.04 Å². The summed E-state index contributed by atoms with van der Waals surface area (Å²) in [5.74, 6) is 0. The number of halogens is 1. The second-order valence-corrected chi connectivity index (χ2v) is 7.55. The highest BCUT2D eigenvalue weighted by molar-refractivity contribution is 7.89. The van der Waals surface area contributed by atoms with Gasteiger partial charge < -0.3 is 5.73 Å². The first-order valence-corrected chi connectivity index (χ1v) is 8.64. The topological polar surface area (TPSA) is 75.4 Å². The first kappa shape index (κ1) is 14.1. The molecule has 1 aliphatic carbocycles. The average Bonchev–Trinajstić information content (AvgIpc) is 3.10. The van der Waals surface area contributed by atoms with Crippen molar-refractivity contribution >= 4 is 27.3 Å². The molecule has 0 aromatic heterocycles. The predicted molar refractivity (Wildman–Crippen MR) is 79.2 cm³/mol. The molecule has 2 fully saturated rings. The van der Waals surface area contributed by atoms with E-state index < -0.39 is 10.0 Å². The Labute approximate surface area is 124 Å². The van der Waals surface area contributed by atoms with Crippen LogP contribution in [0.1, 0.15) is 19.3 Å². The Bertz CT molecular complexity index is 596. The van der Waals surface area contributed by atoms with Gasteiger partial charge in [-0.3, -0.25) is 4.90 Å². The zero-order chi connectivity index (χ0) is 14.3. The van der Waals surface area contributed by atoms with Crippen LogP contribution >= 0.6 is 11.6 Å². The standard InChI is InChI=1S/C13H18ClN3O2S/c14-11-2-1-3-12(15)13(11)20(18,19)16-9-6-7-17(8-9)10-4-5-10/h1-3,9-10,16H,4-8,15H2. The average molecular weight is 316 g/mol. The lowest BCUT2D eigenvalue weighted by atomic mass is 10.3. The van der Waals surface area contributed by atoms with E-state index in [2.05, 4.69) is 9.62 Å². The Morgan fingerprint density at radius 2 is 2.05 bits per heavy atom. The van der Waals surface area contributed by atoms with Gasteiger partial charge in [-0.05, 0) is 31.4 Å². The number of nitrogen functional groups attached to an aromatic ring is 1. The van der Waals surface area contributed by atoms with Gasteiger partial charge in [0.25, 0.3) is 0 Å². The zero-order valence-corrected chi connectivity index (χ0v) is 12.6. The number of likely N-dealkylation sites (tertiary alicyclic amines) is 1. The molecule has 110 valence electrons. The SMILES string of the molecule is Nc1cccc(Cl)c1S(=O)(=O)NC1CCN(C2CC2)C1. The number of hydrogen-bond acceptors (Lipinski definition) is 4. The van der Waals surface area contributed by atoms with E-state index in [4.69, 9.17) is 17.3 Å². The van der Waals surface area contributed by atoms with E-state index in [1.807, 2.05) is 0 Å². The molecule has 1 heterocycles. The van der Waals surface area contributed by atoms with Crippen molar-refractivity contribution in [3.05, 3.63) is 23.2 Å². The molecular formula is C13H18ClN3O2S. The number of nitrogens with one attached hydrogen (secondary N) is 1. The number of hydrogen-bond donors (Lipinski definition) is 2. The van der Waals surface area contributed by atoms with E-state index in [9.17, 15) is 8.42 Å². The van der Waals surface area contributed by atoms with Crippen LogP contribution in [0.2, 0.25) is 5.02 Å². The minimum Gasteiger partial charge on any atom is -0.398 e. The van der Waals surface area contributed by atoms with Crippen molar-refractivity contribution in [2.75, 3.05) is 18.8 Å². The first-order valence-electron chi connectivity index (χ1n) is 6.78. The molecule has 5 nitrogen and oxygen atoms in total. The lowest BCUT2D eigenvalue weighted by molar-refractivity contribution is 0.322. The third-order valence-electron chi connectivity index (χ3n) is 3.87. The van der Waals surface area contributed by atoms with Crippen LogP contribution in [-0.4, -0.2) is 38.5 Å². The van der Waals surface area contributed by atoms with Crippen molar-refractivity contribution in [1.82, 2.24) is 9.62 Å². The summed E-state index contributed by atoms with van der Waals surface area (Å²) in [5, 5.41) is 0.162. The van der Waals surface area contributed by atoms with Gasteiger partial charge in [0.15, 0.2) is 0 Å². The van der Waals surface area contributed by atoms with Crippen LogP contribution in [0.4, 0.5) is 5.69 Å². The van der Waals surface area contributed by atoms with Crippen LogP contribution in [-0.2, 0) is 10.0 Å². The summed E-state index contributed by atoms with van der Waals surface area (Å²) in [6.07, 6.45) is 3.30. The largest absolute Gasteiger partial charge is 0.398 e. The number of sulfonamides is 1. The van der Waals surface area contributed by atoms with E-state index in [1.165, 1.54) is 18.9 Å². The maximum atomic E-state index is 12.4. The fourth-order valence-corrected chi connectivity index (χ4v) is 4.68. The molecule has 0 bridgehead atoms. The van der Waals surface area contributed by atoms with Crippen molar-refractivity contribution in [1.29, 1.82) is 0 Å². The molecule has 3 rings (SSSR count). The highest BCUT2D eigenvalue weighted by Crippen LogP contribution is 2.31. The minimum atomic E-state index is -3.67. The number of benzene rings is 1. The molecule has 2 aliphatic rings. The van der Waals surface area contributed by atoms with Crippen molar-refractivity contribution in [2.24, 2.45) is 0 Å². The summed E-state index contributed by atoms with van der Waals surface area (Å²) in [5.41, 5.74) is 5.94. The van der Waals surface area contributed by atoms with Gasteiger partial charge in [-0.25, -0.2) is 13.1 Å². The van der Waals surface area contributed by atoms with Crippen LogP contribution in [0.3, 0.4) is 0 Å². The van der Waals surface area contributed by atoms with Gasteiger partial charge in [0, 0.05) is 25.2 Å². The van der Waals surface area contributed by atoms with E-state index in [0.717, 1.165) is 19.5 Å². The van der Waals surface area contributed by atoms with Gasteiger partial charge in [-0.2, -0.15) is 0 Å². The number of anilines is 1. The van der Waals surface area contributed by atoms with Gasteiger partial charge in [0.05, 0.1) is 10.7 Å². The molecule has 20 heavy (non-hydrogen) atoms. The Balaban J connectivity index is 1.76. The minimum absolute atomic E-state index is 0.00783.